The predicted molar refractivity (Wildman–Crippen MR) is 60.8 cm³/mol. The van der Waals surface area contributed by atoms with E-state index in [1.165, 1.54) is 0 Å². The van der Waals surface area contributed by atoms with Gasteiger partial charge in [-0.2, -0.15) is 5.10 Å². The molecule has 2 heterocycles. The number of nitrogens with zero attached hydrogens (tertiary/aromatic N) is 3. The Bertz CT molecular complexity index is 339. The fourth-order valence-corrected chi connectivity index (χ4v) is 2.14. The first kappa shape index (κ1) is 10.4. The molecular weight excluding hydrogens is 188 g/mol. The third-order valence-electron chi connectivity index (χ3n) is 2.99. The second-order valence-electron chi connectivity index (χ2n) is 4.42. The Balaban J connectivity index is 2.17. The summed E-state index contributed by atoms with van der Waals surface area (Å²) in [5.74, 6) is 0.981. The zero-order chi connectivity index (χ0) is 10.8. The maximum atomic E-state index is 5.93. The number of nitrogens with two attached hydrogens (primary N) is 1. The number of rotatable bonds is 1. The average Bonchev–Trinajstić information content (AvgIpc) is 2.17. The van der Waals surface area contributed by atoms with Crippen LogP contribution in [0.4, 0.5) is 5.82 Å². The summed E-state index contributed by atoms with van der Waals surface area (Å²) in [7, 11) is 0. The molecule has 2 rings (SSSR count). The van der Waals surface area contributed by atoms with Gasteiger partial charge >= 0.3 is 0 Å². The van der Waals surface area contributed by atoms with Crippen molar-refractivity contribution in [3.63, 3.8) is 0 Å². The van der Waals surface area contributed by atoms with Crippen LogP contribution in [0.5, 0.6) is 0 Å². The molecule has 0 aromatic carbocycles. The van der Waals surface area contributed by atoms with E-state index in [4.69, 9.17) is 5.73 Å². The van der Waals surface area contributed by atoms with Gasteiger partial charge in [0.1, 0.15) is 0 Å². The van der Waals surface area contributed by atoms with Gasteiger partial charge in [0.15, 0.2) is 5.82 Å². The van der Waals surface area contributed by atoms with Crippen LogP contribution >= 0.6 is 0 Å². The van der Waals surface area contributed by atoms with Crippen LogP contribution in [0.15, 0.2) is 12.3 Å². The molecule has 1 saturated heterocycles. The van der Waals surface area contributed by atoms with Gasteiger partial charge in [-0.1, -0.05) is 0 Å². The van der Waals surface area contributed by atoms with Crippen LogP contribution in [0.25, 0.3) is 0 Å². The number of hydrogen-bond donors (Lipinski definition) is 1. The van der Waals surface area contributed by atoms with Crippen LogP contribution < -0.4 is 10.6 Å². The Hall–Kier alpha value is -1.16. The Kier molecular flexibility index (Phi) is 2.86. The summed E-state index contributed by atoms with van der Waals surface area (Å²) in [5.41, 5.74) is 7.09. The highest BCUT2D eigenvalue weighted by atomic mass is 15.3. The Morgan fingerprint density at radius 2 is 2.33 bits per heavy atom. The lowest BCUT2D eigenvalue weighted by molar-refractivity contribution is 0.426. The number of aromatic nitrogens is 2. The van der Waals surface area contributed by atoms with Crippen molar-refractivity contribution in [3.8, 4) is 0 Å². The van der Waals surface area contributed by atoms with Crippen molar-refractivity contribution in [1.82, 2.24) is 10.2 Å². The molecule has 2 unspecified atom stereocenters. The Labute approximate surface area is 90.5 Å². The van der Waals surface area contributed by atoms with Crippen molar-refractivity contribution in [3.05, 3.63) is 17.8 Å². The lowest BCUT2D eigenvalue weighted by atomic mass is 9.99. The minimum absolute atomic E-state index is 0.342. The molecule has 1 aromatic rings. The van der Waals surface area contributed by atoms with Gasteiger partial charge in [0, 0.05) is 18.6 Å². The standard InChI is InChI=1S/C11H18N4/c1-8-5-11(14-13-7-8)15-4-3-10(12)6-9(15)2/h5,7,9-10H,3-4,6,12H2,1-2H3. The molecule has 0 aliphatic carbocycles. The molecule has 4 nitrogen and oxygen atoms in total. The van der Waals surface area contributed by atoms with Gasteiger partial charge in [-0.15, -0.1) is 5.10 Å². The van der Waals surface area contributed by atoms with Gasteiger partial charge in [0.05, 0.1) is 6.20 Å². The number of aryl methyl sites for hydroxylation is 1. The fraction of sp³-hybridized carbons (Fsp3) is 0.636. The van der Waals surface area contributed by atoms with E-state index in [1.54, 1.807) is 6.20 Å². The zero-order valence-corrected chi connectivity index (χ0v) is 9.35. The van der Waals surface area contributed by atoms with Gasteiger partial charge in [0.25, 0.3) is 0 Å². The molecule has 0 spiro atoms. The van der Waals surface area contributed by atoms with Crippen molar-refractivity contribution >= 4 is 5.82 Å². The number of hydrogen-bond acceptors (Lipinski definition) is 4. The van der Waals surface area contributed by atoms with Crippen LogP contribution in [-0.4, -0.2) is 28.8 Å². The molecule has 2 N–H and O–H groups in total. The second-order valence-corrected chi connectivity index (χ2v) is 4.42. The maximum Gasteiger partial charge on any atom is 0.151 e. The quantitative estimate of drug-likeness (QED) is 0.747. The maximum absolute atomic E-state index is 5.93. The van der Waals surface area contributed by atoms with E-state index in [0.717, 1.165) is 30.8 Å². The van der Waals surface area contributed by atoms with E-state index < -0.39 is 0 Å². The molecule has 82 valence electrons. The summed E-state index contributed by atoms with van der Waals surface area (Å²) < 4.78 is 0. The molecular formula is C11H18N4. The van der Waals surface area contributed by atoms with Crippen molar-refractivity contribution in [2.45, 2.75) is 38.8 Å². The first-order chi connectivity index (χ1) is 7.16. The van der Waals surface area contributed by atoms with Crippen LogP contribution in [0.3, 0.4) is 0 Å². The second kappa shape index (κ2) is 4.14. The Morgan fingerprint density at radius 1 is 1.53 bits per heavy atom. The molecule has 15 heavy (non-hydrogen) atoms. The molecule has 2 atom stereocenters. The van der Waals surface area contributed by atoms with Crippen molar-refractivity contribution in [2.75, 3.05) is 11.4 Å². The SMILES string of the molecule is Cc1cnnc(N2CCC(N)CC2C)c1. The summed E-state index contributed by atoms with van der Waals surface area (Å²) in [6.45, 7) is 5.22. The van der Waals surface area contributed by atoms with Crippen molar-refractivity contribution < 1.29 is 0 Å². The highest BCUT2D eigenvalue weighted by molar-refractivity contribution is 5.40. The lowest BCUT2D eigenvalue weighted by Crippen LogP contribution is -2.46. The van der Waals surface area contributed by atoms with Gasteiger partial charge < -0.3 is 10.6 Å². The van der Waals surface area contributed by atoms with E-state index >= 15 is 0 Å². The van der Waals surface area contributed by atoms with Crippen molar-refractivity contribution in [1.29, 1.82) is 0 Å². The summed E-state index contributed by atoms with van der Waals surface area (Å²) in [6, 6.07) is 2.89. The summed E-state index contributed by atoms with van der Waals surface area (Å²) in [6.07, 6.45) is 3.86. The van der Waals surface area contributed by atoms with Crippen LogP contribution in [0, 0.1) is 6.92 Å². The monoisotopic (exact) mass is 206 g/mol. The normalized spacial score (nSPS) is 26.7. The molecule has 0 saturated carbocycles. The van der Waals surface area contributed by atoms with E-state index in [1.807, 2.05) is 6.92 Å². The first-order valence-corrected chi connectivity index (χ1v) is 5.48. The first-order valence-electron chi connectivity index (χ1n) is 5.48. The minimum Gasteiger partial charge on any atom is -0.352 e. The summed E-state index contributed by atoms with van der Waals surface area (Å²) in [4.78, 5) is 2.30. The molecule has 1 aliphatic rings. The number of piperidine rings is 1. The highest BCUT2D eigenvalue weighted by Crippen LogP contribution is 2.22. The molecule has 1 aliphatic heterocycles. The molecule has 0 amide bonds. The van der Waals surface area contributed by atoms with Gasteiger partial charge in [-0.3, -0.25) is 0 Å². The Morgan fingerprint density at radius 3 is 3.00 bits per heavy atom. The number of anilines is 1. The van der Waals surface area contributed by atoms with E-state index in [9.17, 15) is 0 Å². The minimum atomic E-state index is 0.342. The van der Waals surface area contributed by atoms with Crippen LogP contribution in [-0.2, 0) is 0 Å². The van der Waals surface area contributed by atoms with Crippen molar-refractivity contribution in [2.24, 2.45) is 5.73 Å². The molecule has 0 radical (unpaired) electrons. The highest BCUT2D eigenvalue weighted by Gasteiger charge is 2.24. The molecule has 1 aromatic heterocycles. The summed E-state index contributed by atoms with van der Waals surface area (Å²) >= 11 is 0. The fourth-order valence-electron chi connectivity index (χ4n) is 2.14. The molecule has 0 bridgehead atoms. The van der Waals surface area contributed by atoms with Crippen LogP contribution in [0.2, 0.25) is 0 Å². The van der Waals surface area contributed by atoms with E-state index in [0.29, 0.717) is 12.1 Å². The van der Waals surface area contributed by atoms with Gasteiger partial charge in [0.2, 0.25) is 0 Å². The largest absolute Gasteiger partial charge is 0.352 e. The van der Waals surface area contributed by atoms with Gasteiger partial charge in [-0.25, -0.2) is 0 Å². The van der Waals surface area contributed by atoms with E-state index in [-0.39, 0.29) is 0 Å². The zero-order valence-electron chi connectivity index (χ0n) is 9.35. The van der Waals surface area contributed by atoms with Gasteiger partial charge in [-0.05, 0) is 38.3 Å². The smallest absolute Gasteiger partial charge is 0.151 e. The lowest BCUT2D eigenvalue weighted by Gasteiger charge is -2.36. The van der Waals surface area contributed by atoms with E-state index in [2.05, 4.69) is 28.1 Å². The average molecular weight is 206 g/mol. The summed E-state index contributed by atoms with van der Waals surface area (Å²) in [5, 5.41) is 8.16. The molecule has 1 fully saturated rings. The topological polar surface area (TPSA) is 55.0 Å². The third kappa shape index (κ3) is 2.26. The predicted octanol–water partition coefficient (Wildman–Crippen LogP) is 1.10. The third-order valence-corrected chi connectivity index (χ3v) is 2.99. The van der Waals surface area contributed by atoms with Crippen LogP contribution in [0.1, 0.15) is 25.3 Å². The molecule has 4 heteroatoms.